The number of nitrogens with zero attached hydrogens (tertiary/aromatic N) is 1. The third-order valence-corrected chi connectivity index (χ3v) is 6.05. The van der Waals surface area contributed by atoms with Gasteiger partial charge in [0.1, 0.15) is 5.82 Å². The molecule has 0 spiro atoms. The average molecular weight is 428 g/mol. The molecule has 0 radical (unpaired) electrons. The molecule has 3 rings (SSSR count). The van der Waals surface area contributed by atoms with Gasteiger partial charge in [0.15, 0.2) is 0 Å². The molecule has 1 aliphatic rings. The van der Waals surface area contributed by atoms with Crippen LogP contribution in [-0.4, -0.2) is 36.4 Å². The number of ether oxygens (including phenoxy) is 1. The molecule has 27 heavy (non-hydrogen) atoms. The molecule has 1 fully saturated rings. The number of morpholine rings is 1. The molecule has 3 nitrogen and oxygen atoms in total. The second-order valence-electron chi connectivity index (χ2n) is 6.32. The van der Waals surface area contributed by atoms with Gasteiger partial charge in [0, 0.05) is 47.3 Å². The first-order valence-corrected chi connectivity index (χ1v) is 10.4. The summed E-state index contributed by atoms with van der Waals surface area (Å²) in [5.74, 6) is 0.197. The Kier molecular flexibility index (Phi) is 7.56. The smallest absolute Gasteiger partial charge is 0.222 e. The van der Waals surface area contributed by atoms with E-state index >= 15 is 0 Å². The number of halogens is 3. The summed E-state index contributed by atoms with van der Waals surface area (Å²) < 4.78 is 19.7. The Morgan fingerprint density at radius 2 is 2.04 bits per heavy atom. The summed E-state index contributed by atoms with van der Waals surface area (Å²) in [7, 11) is 0. The standard InChI is InChI=1S/C20H20Cl2FNO2S/c21-17-2-1-3-18(23)16(17)13-27-15-6-4-14(5-7-15)19-12-24(10-11-26-19)9-8-20(22)25/h1-7,19H,8-13H2. The Labute approximate surface area is 172 Å². The molecule has 1 aliphatic heterocycles. The summed E-state index contributed by atoms with van der Waals surface area (Å²) in [5.41, 5.74) is 1.61. The largest absolute Gasteiger partial charge is 0.371 e. The molecule has 1 heterocycles. The van der Waals surface area contributed by atoms with E-state index < -0.39 is 0 Å². The second kappa shape index (κ2) is 9.89. The molecule has 1 unspecified atom stereocenters. The van der Waals surface area contributed by atoms with Gasteiger partial charge in [0.05, 0.1) is 12.7 Å². The summed E-state index contributed by atoms with van der Waals surface area (Å²) in [6.07, 6.45) is 0.326. The fraction of sp³-hybridized carbons (Fsp3) is 0.350. The van der Waals surface area contributed by atoms with Crippen molar-refractivity contribution in [3.8, 4) is 0 Å². The van der Waals surface area contributed by atoms with Crippen molar-refractivity contribution in [3.05, 3.63) is 64.4 Å². The van der Waals surface area contributed by atoms with Crippen molar-refractivity contribution in [2.45, 2.75) is 23.2 Å². The number of carbonyl (C=O) groups is 1. The molecular formula is C20H20Cl2FNO2S. The molecular weight excluding hydrogens is 408 g/mol. The minimum Gasteiger partial charge on any atom is -0.371 e. The Balaban J connectivity index is 1.57. The van der Waals surface area contributed by atoms with E-state index in [0.717, 1.165) is 23.5 Å². The van der Waals surface area contributed by atoms with Gasteiger partial charge in [0.2, 0.25) is 5.24 Å². The van der Waals surface area contributed by atoms with Gasteiger partial charge in [-0.05, 0) is 41.4 Å². The second-order valence-corrected chi connectivity index (χ2v) is 8.20. The Morgan fingerprint density at radius 1 is 1.26 bits per heavy atom. The van der Waals surface area contributed by atoms with Crippen LogP contribution < -0.4 is 0 Å². The Hall–Kier alpha value is -1.11. The van der Waals surface area contributed by atoms with Crippen LogP contribution in [0, 0.1) is 5.82 Å². The molecule has 0 saturated carbocycles. The van der Waals surface area contributed by atoms with Crippen molar-refractivity contribution in [1.82, 2.24) is 4.90 Å². The summed E-state index contributed by atoms with van der Waals surface area (Å²) in [5, 5.41) is 0.139. The molecule has 1 saturated heterocycles. The van der Waals surface area contributed by atoms with Crippen LogP contribution in [0.4, 0.5) is 4.39 Å². The van der Waals surface area contributed by atoms with Crippen LogP contribution in [0.1, 0.15) is 23.7 Å². The predicted octanol–water partition coefficient (Wildman–Crippen LogP) is 5.30. The van der Waals surface area contributed by atoms with Crippen molar-refractivity contribution in [3.63, 3.8) is 0 Å². The highest BCUT2D eigenvalue weighted by atomic mass is 35.5. The maximum atomic E-state index is 13.9. The molecule has 0 aromatic heterocycles. The number of carbonyl (C=O) groups excluding carboxylic acids is 1. The number of benzene rings is 2. The molecule has 1 atom stereocenters. The first kappa shape index (κ1) is 20.6. The van der Waals surface area contributed by atoms with Gasteiger partial charge in [-0.1, -0.05) is 29.8 Å². The Morgan fingerprint density at radius 3 is 2.74 bits per heavy atom. The topological polar surface area (TPSA) is 29.5 Å². The normalized spacial score (nSPS) is 17.8. The zero-order valence-electron chi connectivity index (χ0n) is 14.7. The lowest BCUT2D eigenvalue weighted by molar-refractivity contribution is -0.112. The number of hydrogen-bond acceptors (Lipinski definition) is 4. The number of thioether (sulfide) groups is 1. The summed E-state index contributed by atoms with van der Waals surface area (Å²) in [4.78, 5) is 14.2. The SMILES string of the molecule is O=C(Cl)CCN1CCOC(c2ccc(SCc3c(F)cccc3Cl)cc2)C1. The van der Waals surface area contributed by atoms with Crippen LogP contribution in [0.25, 0.3) is 0 Å². The fourth-order valence-electron chi connectivity index (χ4n) is 2.96. The van der Waals surface area contributed by atoms with Crippen LogP contribution in [0.2, 0.25) is 5.02 Å². The van der Waals surface area contributed by atoms with Crippen molar-refractivity contribution in [2.24, 2.45) is 0 Å². The minimum absolute atomic E-state index is 0.0239. The highest BCUT2D eigenvalue weighted by molar-refractivity contribution is 7.98. The number of rotatable bonds is 7. The molecule has 0 bridgehead atoms. The zero-order valence-corrected chi connectivity index (χ0v) is 17.0. The molecule has 2 aromatic carbocycles. The molecule has 0 aliphatic carbocycles. The molecule has 144 valence electrons. The molecule has 0 amide bonds. The number of hydrogen-bond donors (Lipinski definition) is 0. The quantitative estimate of drug-likeness (QED) is 0.442. The maximum Gasteiger partial charge on any atom is 0.222 e. The van der Waals surface area contributed by atoms with Crippen molar-refractivity contribution < 1.29 is 13.9 Å². The highest BCUT2D eigenvalue weighted by Crippen LogP contribution is 2.30. The Bertz CT molecular complexity index is 768. The fourth-order valence-corrected chi connectivity index (χ4v) is 4.28. The van der Waals surface area contributed by atoms with Gasteiger partial charge in [-0.3, -0.25) is 9.69 Å². The lowest BCUT2D eigenvalue weighted by atomic mass is 10.1. The van der Waals surface area contributed by atoms with E-state index in [9.17, 15) is 9.18 Å². The van der Waals surface area contributed by atoms with Crippen LogP contribution in [0.3, 0.4) is 0 Å². The van der Waals surface area contributed by atoms with Crippen LogP contribution in [0.5, 0.6) is 0 Å². The lowest BCUT2D eigenvalue weighted by Gasteiger charge is -2.32. The van der Waals surface area contributed by atoms with E-state index in [1.54, 1.807) is 23.9 Å². The monoisotopic (exact) mass is 427 g/mol. The van der Waals surface area contributed by atoms with Gasteiger partial charge in [-0.25, -0.2) is 4.39 Å². The van der Waals surface area contributed by atoms with Gasteiger partial charge in [0.25, 0.3) is 0 Å². The predicted molar refractivity (Wildman–Crippen MR) is 108 cm³/mol. The van der Waals surface area contributed by atoms with E-state index in [1.165, 1.54) is 6.07 Å². The van der Waals surface area contributed by atoms with Crippen molar-refractivity contribution in [2.75, 3.05) is 26.2 Å². The minimum atomic E-state index is -0.311. The summed E-state index contributed by atoms with van der Waals surface area (Å²) >= 11 is 13.0. The third kappa shape index (κ3) is 5.93. The van der Waals surface area contributed by atoms with E-state index in [0.29, 0.717) is 35.9 Å². The lowest BCUT2D eigenvalue weighted by Crippen LogP contribution is -2.39. The van der Waals surface area contributed by atoms with Gasteiger partial charge >= 0.3 is 0 Å². The first-order chi connectivity index (χ1) is 13.0. The van der Waals surface area contributed by atoms with Crippen LogP contribution in [-0.2, 0) is 15.3 Å². The van der Waals surface area contributed by atoms with Crippen molar-refractivity contribution in [1.29, 1.82) is 0 Å². The van der Waals surface area contributed by atoms with Crippen molar-refractivity contribution >= 4 is 40.2 Å². The molecule has 7 heteroatoms. The highest BCUT2D eigenvalue weighted by Gasteiger charge is 2.22. The molecule has 2 aromatic rings. The van der Waals surface area contributed by atoms with E-state index in [2.05, 4.69) is 4.90 Å². The van der Waals surface area contributed by atoms with Crippen LogP contribution in [0.15, 0.2) is 47.4 Å². The van der Waals surface area contributed by atoms with Crippen LogP contribution >= 0.6 is 35.0 Å². The van der Waals surface area contributed by atoms with E-state index in [-0.39, 0.29) is 17.2 Å². The van der Waals surface area contributed by atoms with Gasteiger partial charge in [-0.2, -0.15) is 0 Å². The average Bonchev–Trinajstić information content (AvgIpc) is 2.67. The summed E-state index contributed by atoms with van der Waals surface area (Å²) in [6.45, 7) is 2.82. The summed E-state index contributed by atoms with van der Waals surface area (Å²) in [6, 6.07) is 12.8. The van der Waals surface area contributed by atoms with E-state index in [1.807, 2.05) is 24.3 Å². The van der Waals surface area contributed by atoms with E-state index in [4.69, 9.17) is 27.9 Å². The molecule has 0 N–H and O–H groups in total. The maximum absolute atomic E-state index is 13.9. The van der Waals surface area contributed by atoms with Gasteiger partial charge in [-0.15, -0.1) is 11.8 Å². The van der Waals surface area contributed by atoms with Gasteiger partial charge < -0.3 is 4.74 Å². The third-order valence-electron chi connectivity index (χ3n) is 4.47. The first-order valence-electron chi connectivity index (χ1n) is 8.71. The zero-order chi connectivity index (χ0) is 19.2.